The molecule has 39 heavy (non-hydrogen) atoms. The topological polar surface area (TPSA) is 120 Å². The minimum absolute atomic E-state index is 0.0312. The van der Waals surface area contributed by atoms with Gasteiger partial charge in [0.15, 0.2) is 0 Å². The summed E-state index contributed by atoms with van der Waals surface area (Å²) in [6.07, 6.45) is -2.10. The van der Waals surface area contributed by atoms with Crippen molar-refractivity contribution in [2.75, 3.05) is 6.54 Å². The van der Waals surface area contributed by atoms with Gasteiger partial charge < -0.3 is 25.0 Å². The summed E-state index contributed by atoms with van der Waals surface area (Å²) in [7, 11) is 0. The van der Waals surface area contributed by atoms with Gasteiger partial charge in [0.1, 0.15) is 18.0 Å². The van der Waals surface area contributed by atoms with Crippen LogP contribution in [0.1, 0.15) is 37.5 Å². The van der Waals surface area contributed by atoms with Gasteiger partial charge in [-0.25, -0.2) is 14.6 Å². The van der Waals surface area contributed by atoms with Gasteiger partial charge in [-0.3, -0.25) is 5.43 Å². The number of hydrazine groups is 1. The van der Waals surface area contributed by atoms with Crippen LogP contribution in [0.4, 0.5) is 9.59 Å². The zero-order chi connectivity index (χ0) is 28.3. The maximum absolute atomic E-state index is 12.7. The van der Waals surface area contributed by atoms with Crippen LogP contribution in [-0.4, -0.2) is 51.7 Å². The molecule has 0 aromatic heterocycles. The number of hydrogen-bond donors (Lipinski definition) is 4. The minimum atomic E-state index is -1.10. The Hall–Kier alpha value is -4.08. The fourth-order valence-corrected chi connectivity index (χ4v) is 3.82. The van der Waals surface area contributed by atoms with Crippen molar-refractivity contribution in [1.82, 2.24) is 15.8 Å². The minimum Gasteiger partial charge on any atom is -0.508 e. The Bertz CT molecular complexity index is 1170. The van der Waals surface area contributed by atoms with Crippen LogP contribution in [0.5, 0.6) is 5.75 Å². The smallest absolute Gasteiger partial charge is 0.422 e. The van der Waals surface area contributed by atoms with E-state index in [0.29, 0.717) is 6.42 Å². The van der Waals surface area contributed by atoms with Gasteiger partial charge in [-0.2, -0.15) is 0 Å². The highest BCUT2D eigenvalue weighted by Crippen LogP contribution is 2.14. The van der Waals surface area contributed by atoms with Crippen molar-refractivity contribution < 1.29 is 29.3 Å². The first-order valence-electron chi connectivity index (χ1n) is 12.8. The zero-order valence-corrected chi connectivity index (χ0v) is 22.5. The first-order valence-corrected chi connectivity index (χ1v) is 12.8. The van der Waals surface area contributed by atoms with Crippen LogP contribution in [0.2, 0.25) is 0 Å². The van der Waals surface area contributed by atoms with Crippen molar-refractivity contribution >= 4 is 12.2 Å². The summed E-state index contributed by atoms with van der Waals surface area (Å²) in [6, 6.07) is 24.6. The van der Waals surface area contributed by atoms with Crippen molar-refractivity contribution in [3.8, 4) is 5.75 Å². The largest absolute Gasteiger partial charge is 0.508 e. The maximum atomic E-state index is 12.7. The van der Waals surface area contributed by atoms with Crippen LogP contribution in [0.25, 0.3) is 0 Å². The number of phenols is 1. The zero-order valence-electron chi connectivity index (χ0n) is 22.5. The quantitative estimate of drug-likeness (QED) is 0.266. The summed E-state index contributed by atoms with van der Waals surface area (Å²) in [4.78, 5) is 25.3. The number of aromatic hydroxyl groups is 1. The van der Waals surface area contributed by atoms with Crippen molar-refractivity contribution in [2.45, 2.75) is 58.1 Å². The van der Waals surface area contributed by atoms with E-state index in [9.17, 15) is 19.8 Å². The monoisotopic (exact) mass is 535 g/mol. The number of alkyl carbamates (subject to hydrolysis) is 1. The number of ether oxygens (including phenoxy) is 2. The third-order valence-corrected chi connectivity index (χ3v) is 5.64. The lowest BCUT2D eigenvalue weighted by molar-refractivity contribution is 0.0141. The fourth-order valence-electron chi connectivity index (χ4n) is 3.82. The summed E-state index contributed by atoms with van der Waals surface area (Å²) in [5.74, 6) is 0.117. The number of aliphatic hydroxyl groups is 1. The van der Waals surface area contributed by atoms with Crippen molar-refractivity contribution in [3.05, 3.63) is 102 Å². The molecule has 0 saturated heterocycles. The molecule has 0 unspecified atom stereocenters. The Morgan fingerprint density at radius 3 is 2.03 bits per heavy atom. The van der Waals surface area contributed by atoms with Crippen LogP contribution in [0, 0.1) is 0 Å². The molecular weight excluding hydrogens is 498 g/mol. The summed E-state index contributed by atoms with van der Waals surface area (Å²) in [5, 5.41) is 25.2. The predicted molar refractivity (Wildman–Crippen MR) is 148 cm³/mol. The van der Waals surface area contributed by atoms with E-state index in [1.807, 2.05) is 60.7 Å². The first-order chi connectivity index (χ1) is 18.6. The SMILES string of the molecule is CC(C)(C)OC(=O)NN(Cc1ccc(O)cc1)C[C@H](O)[C@H](Cc1ccccc1)NC(=O)OCc1ccccc1. The first kappa shape index (κ1) is 29.5. The van der Waals surface area contributed by atoms with Crippen LogP contribution in [0.3, 0.4) is 0 Å². The standard InChI is InChI=1S/C30H37N3O6/c1-30(2,3)39-29(37)32-33(19-23-14-16-25(34)17-15-23)20-27(35)26(18-22-10-6-4-7-11-22)31-28(36)38-21-24-12-8-5-9-13-24/h4-17,26-27,34-35H,18-21H2,1-3H3,(H,31,36)(H,32,37)/t26-,27-/m0/s1. The van der Waals surface area contributed by atoms with Gasteiger partial charge in [0.2, 0.25) is 0 Å². The molecule has 0 aliphatic carbocycles. The summed E-state index contributed by atoms with van der Waals surface area (Å²) >= 11 is 0. The second-order valence-corrected chi connectivity index (χ2v) is 10.2. The molecule has 0 aliphatic heterocycles. The Labute approximate surface area is 229 Å². The fraction of sp³-hybridized carbons (Fsp3) is 0.333. The summed E-state index contributed by atoms with van der Waals surface area (Å²) < 4.78 is 10.8. The molecule has 0 saturated carbocycles. The van der Waals surface area contributed by atoms with Gasteiger partial charge in [0.25, 0.3) is 0 Å². The van der Waals surface area contributed by atoms with Crippen LogP contribution in [0.15, 0.2) is 84.9 Å². The molecule has 3 aromatic carbocycles. The Morgan fingerprint density at radius 1 is 0.846 bits per heavy atom. The number of carbonyl (C=O) groups is 2. The normalized spacial score (nSPS) is 12.8. The van der Waals surface area contributed by atoms with Gasteiger partial charge in [0.05, 0.1) is 12.1 Å². The lowest BCUT2D eigenvalue weighted by Gasteiger charge is -2.31. The second kappa shape index (κ2) is 14.2. The van der Waals surface area contributed by atoms with E-state index in [-0.39, 0.29) is 25.4 Å². The highest BCUT2D eigenvalue weighted by Gasteiger charge is 2.27. The molecule has 9 heteroatoms. The molecule has 208 valence electrons. The molecule has 3 aromatic rings. The number of hydrogen-bond acceptors (Lipinski definition) is 7. The highest BCUT2D eigenvalue weighted by atomic mass is 16.6. The summed E-state index contributed by atoms with van der Waals surface area (Å²) in [6.45, 7) is 5.55. The van der Waals surface area contributed by atoms with E-state index >= 15 is 0 Å². The van der Waals surface area contributed by atoms with Crippen molar-refractivity contribution in [3.63, 3.8) is 0 Å². The average molecular weight is 536 g/mol. The van der Waals surface area contributed by atoms with Gasteiger partial charge in [0, 0.05) is 13.1 Å². The molecule has 0 heterocycles. The van der Waals surface area contributed by atoms with E-state index in [4.69, 9.17) is 9.47 Å². The number of phenolic OH excluding ortho intramolecular Hbond substituents is 1. The van der Waals surface area contributed by atoms with Gasteiger partial charge in [-0.15, -0.1) is 0 Å². The van der Waals surface area contributed by atoms with E-state index < -0.39 is 29.9 Å². The van der Waals surface area contributed by atoms with E-state index in [0.717, 1.165) is 16.7 Å². The molecule has 4 N–H and O–H groups in total. The van der Waals surface area contributed by atoms with Gasteiger partial charge >= 0.3 is 12.2 Å². The average Bonchev–Trinajstić information content (AvgIpc) is 2.88. The van der Waals surface area contributed by atoms with Crippen LogP contribution >= 0.6 is 0 Å². The molecule has 0 radical (unpaired) electrons. The number of nitrogens with zero attached hydrogens (tertiary/aromatic N) is 1. The molecule has 0 fully saturated rings. The molecule has 0 spiro atoms. The number of nitrogens with one attached hydrogen (secondary N) is 2. The lowest BCUT2D eigenvalue weighted by atomic mass is 10.0. The molecule has 3 rings (SSSR count). The van der Waals surface area contributed by atoms with Gasteiger partial charge in [-0.05, 0) is 56.0 Å². The van der Waals surface area contributed by atoms with Crippen LogP contribution in [-0.2, 0) is 29.0 Å². The lowest BCUT2D eigenvalue weighted by Crippen LogP contribution is -2.53. The maximum Gasteiger partial charge on any atom is 0.422 e. The van der Waals surface area contributed by atoms with Gasteiger partial charge in [-0.1, -0.05) is 72.8 Å². The third kappa shape index (κ3) is 11.1. The Morgan fingerprint density at radius 2 is 1.44 bits per heavy atom. The van der Waals surface area contributed by atoms with Crippen LogP contribution < -0.4 is 10.7 Å². The number of aliphatic hydroxyl groups excluding tert-OH is 1. The van der Waals surface area contributed by atoms with Crippen molar-refractivity contribution in [2.24, 2.45) is 0 Å². The number of carbonyl (C=O) groups excluding carboxylic acids is 2. The van der Waals surface area contributed by atoms with E-state index in [1.54, 1.807) is 45.0 Å². The Balaban J connectivity index is 1.73. The third-order valence-electron chi connectivity index (χ3n) is 5.64. The highest BCUT2D eigenvalue weighted by molar-refractivity contribution is 5.68. The molecule has 9 nitrogen and oxygen atoms in total. The number of rotatable bonds is 11. The molecule has 0 bridgehead atoms. The van der Waals surface area contributed by atoms with E-state index in [2.05, 4.69) is 10.7 Å². The molecule has 0 aliphatic rings. The molecule has 2 atom stereocenters. The predicted octanol–water partition coefficient (Wildman–Crippen LogP) is 4.53. The van der Waals surface area contributed by atoms with Crippen molar-refractivity contribution in [1.29, 1.82) is 0 Å². The Kier molecular flexibility index (Phi) is 10.7. The molecular formula is C30H37N3O6. The van der Waals surface area contributed by atoms with E-state index in [1.165, 1.54) is 5.01 Å². The number of benzene rings is 3. The number of amides is 2. The molecule has 2 amide bonds. The second-order valence-electron chi connectivity index (χ2n) is 10.2. The summed E-state index contributed by atoms with van der Waals surface area (Å²) in [5.41, 5.74) is 4.51.